The van der Waals surface area contributed by atoms with Crippen molar-refractivity contribution in [2.45, 2.75) is 6.92 Å². The molecule has 0 spiro atoms. The van der Waals surface area contributed by atoms with E-state index in [2.05, 4.69) is 16.1 Å². The standard InChI is InChI=1S/C22H24N4O2/c1-2-28-21-11-6-5-10-20(21)24-14-16-25(17-15-24)22(27)18-8-3-4-9-19(18)26-13-7-12-23-26/h3-13H,2,14-17H2,1H3. The van der Waals surface area contributed by atoms with Gasteiger partial charge in [-0.05, 0) is 37.3 Å². The van der Waals surface area contributed by atoms with Crippen LogP contribution in [0.1, 0.15) is 17.3 Å². The van der Waals surface area contributed by atoms with Gasteiger partial charge in [-0.15, -0.1) is 0 Å². The minimum atomic E-state index is 0.0452. The summed E-state index contributed by atoms with van der Waals surface area (Å²) in [7, 11) is 0. The fourth-order valence-corrected chi connectivity index (χ4v) is 3.58. The number of carbonyl (C=O) groups is 1. The van der Waals surface area contributed by atoms with Gasteiger partial charge in [0.15, 0.2) is 0 Å². The predicted molar refractivity (Wildman–Crippen MR) is 109 cm³/mol. The number of nitrogens with zero attached hydrogens (tertiary/aromatic N) is 4. The molecule has 1 saturated heterocycles. The molecule has 0 bridgehead atoms. The van der Waals surface area contributed by atoms with Crippen molar-refractivity contribution in [1.82, 2.24) is 14.7 Å². The second-order valence-electron chi connectivity index (χ2n) is 6.65. The molecular formula is C22H24N4O2. The normalized spacial score (nSPS) is 14.2. The van der Waals surface area contributed by atoms with Gasteiger partial charge in [-0.1, -0.05) is 24.3 Å². The summed E-state index contributed by atoms with van der Waals surface area (Å²) in [4.78, 5) is 17.4. The van der Waals surface area contributed by atoms with Crippen molar-refractivity contribution in [3.05, 3.63) is 72.6 Å². The van der Waals surface area contributed by atoms with Crippen molar-refractivity contribution in [3.63, 3.8) is 0 Å². The highest BCUT2D eigenvalue weighted by Gasteiger charge is 2.25. The topological polar surface area (TPSA) is 50.6 Å². The number of piperazine rings is 1. The number of carbonyl (C=O) groups excluding carboxylic acids is 1. The Bertz CT molecular complexity index is 931. The molecule has 1 aromatic heterocycles. The summed E-state index contributed by atoms with van der Waals surface area (Å²) in [5.41, 5.74) is 2.57. The quantitative estimate of drug-likeness (QED) is 0.686. The van der Waals surface area contributed by atoms with Crippen molar-refractivity contribution in [3.8, 4) is 11.4 Å². The Balaban J connectivity index is 1.49. The van der Waals surface area contributed by atoms with E-state index in [0.29, 0.717) is 25.3 Å². The number of rotatable bonds is 5. The maximum Gasteiger partial charge on any atom is 0.256 e. The Morgan fingerprint density at radius 3 is 2.39 bits per heavy atom. The average molecular weight is 376 g/mol. The summed E-state index contributed by atoms with van der Waals surface area (Å²) >= 11 is 0. The molecule has 0 radical (unpaired) electrons. The van der Waals surface area contributed by atoms with Crippen molar-refractivity contribution in [2.24, 2.45) is 0 Å². The Morgan fingerprint density at radius 2 is 1.68 bits per heavy atom. The van der Waals surface area contributed by atoms with Crippen LogP contribution in [0.15, 0.2) is 67.0 Å². The molecular weight excluding hydrogens is 352 g/mol. The van der Waals surface area contributed by atoms with E-state index < -0.39 is 0 Å². The van der Waals surface area contributed by atoms with Crippen LogP contribution in [0.2, 0.25) is 0 Å². The lowest BCUT2D eigenvalue weighted by atomic mass is 10.1. The van der Waals surface area contributed by atoms with Gasteiger partial charge in [0.25, 0.3) is 5.91 Å². The van der Waals surface area contributed by atoms with Gasteiger partial charge in [0.2, 0.25) is 0 Å². The molecule has 1 amide bonds. The maximum atomic E-state index is 13.2. The van der Waals surface area contributed by atoms with Crippen molar-refractivity contribution in [2.75, 3.05) is 37.7 Å². The van der Waals surface area contributed by atoms with Crippen molar-refractivity contribution < 1.29 is 9.53 Å². The second-order valence-corrected chi connectivity index (χ2v) is 6.65. The van der Waals surface area contributed by atoms with E-state index in [9.17, 15) is 4.79 Å². The first kappa shape index (κ1) is 18.1. The second kappa shape index (κ2) is 8.17. The third-order valence-electron chi connectivity index (χ3n) is 4.96. The molecule has 1 fully saturated rings. The molecule has 3 aromatic rings. The van der Waals surface area contributed by atoms with E-state index in [1.807, 2.05) is 66.6 Å². The lowest BCUT2D eigenvalue weighted by molar-refractivity contribution is 0.0746. The first-order chi connectivity index (χ1) is 13.8. The molecule has 1 aliphatic heterocycles. The maximum absolute atomic E-state index is 13.2. The number of amides is 1. The lowest BCUT2D eigenvalue weighted by Crippen LogP contribution is -2.49. The van der Waals surface area contributed by atoms with E-state index in [-0.39, 0.29) is 5.91 Å². The highest BCUT2D eigenvalue weighted by Crippen LogP contribution is 2.29. The smallest absolute Gasteiger partial charge is 0.256 e. The lowest BCUT2D eigenvalue weighted by Gasteiger charge is -2.37. The van der Waals surface area contributed by atoms with Gasteiger partial charge in [0, 0.05) is 38.6 Å². The number of benzene rings is 2. The summed E-state index contributed by atoms with van der Waals surface area (Å²) in [5, 5.41) is 4.28. The van der Waals surface area contributed by atoms with Gasteiger partial charge in [0.1, 0.15) is 5.75 Å². The number of para-hydroxylation sites is 3. The molecule has 2 aromatic carbocycles. The molecule has 0 N–H and O–H groups in total. The molecule has 0 aliphatic carbocycles. The van der Waals surface area contributed by atoms with Crippen LogP contribution in [0, 0.1) is 0 Å². The van der Waals surface area contributed by atoms with Crippen LogP contribution in [0.5, 0.6) is 5.75 Å². The largest absolute Gasteiger partial charge is 0.492 e. The van der Waals surface area contributed by atoms with Gasteiger partial charge in [-0.3, -0.25) is 4.79 Å². The van der Waals surface area contributed by atoms with Crippen LogP contribution in [-0.4, -0.2) is 53.4 Å². The number of anilines is 1. The van der Waals surface area contributed by atoms with Crippen molar-refractivity contribution in [1.29, 1.82) is 0 Å². The minimum absolute atomic E-state index is 0.0452. The predicted octanol–water partition coefficient (Wildman–Crippen LogP) is 3.23. The number of aromatic nitrogens is 2. The molecule has 2 heterocycles. The third-order valence-corrected chi connectivity index (χ3v) is 4.96. The van der Waals surface area contributed by atoms with E-state index in [4.69, 9.17) is 4.74 Å². The van der Waals surface area contributed by atoms with Gasteiger partial charge < -0.3 is 14.5 Å². The van der Waals surface area contributed by atoms with Crippen LogP contribution in [0.3, 0.4) is 0 Å². The molecule has 6 nitrogen and oxygen atoms in total. The fraction of sp³-hybridized carbons (Fsp3) is 0.273. The molecule has 0 unspecified atom stereocenters. The molecule has 28 heavy (non-hydrogen) atoms. The van der Waals surface area contributed by atoms with Crippen LogP contribution in [-0.2, 0) is 0 Å². The molecule has 144 valence electrons. The van der Waals surface area contributed by atoms with Gasteiger partial charge in [-0.25, -0.2) is 4.68 Å². The van der Waals surface area contributed by atoms with Crippen LogP contribution < -0.4 is 9.64 Å². The molecule has 0 atom stereocenters. The Kier molecular flexibility index (Phi) is 5.28. The zero-order chi connectivity index (χ0) is 19.3. The van der Waals surface area contributed by atoms with Crippen LogP contribution >= 0.6 is 0 Å². The molecule has 1 aliphatic rings. The highest BCUT2D eigenvalue weighted by molar-refractivity contribution is 5.98. The van der Waals surface area contributed by atoms with E-state index in [1.165, 1.54) is 0 Å². The first-order valence-corrected chi connectivity index (χ1v) is 9.63. The SMILES string of the molecule is CCOc1ccccc1N1CCN(C(=O)c2ccccc2-n2cccn2)CC1. The summed E-state index contributed by atoms with van der Waals surface area (Å²) in [5.74, 6) is 0.942. The Labute approximate surface area is 164 Å². The molecule has 4 rings (SSSR count). The summed E-state index contributed by atoms with van der Waals surface area (Å²) in [6.45, 7) is 5.53. The van der Waals surface area contributed by atoms with Crippen molar-refractivity contribution >= 4 is 11.6 Å². The third kappa shape index (κ3) is 3.58. The zero-order valence-electron chi connectivity index (χ0n) is 16.0. The molecule has 6 heteroatoms. The Morgan fingerprint density at radius 1 is 0.964 bits per heavy atom. The minimum Gasteiger partial charge on any atom is -0.492 e. The average Bonchev–Trinajstić information content (AvgIpc) is 3.29. The summed E-state index contributed by atoms with van der Waals surface area (Å²) in [6, 6.07) is 17.6. The summed E-state index contributed by atoms with van der Waals surface area (Å²) in [6.07, 6.45) is 3.57. The van der Waals surface area contributed by atoms with E-state index >= 15 is 0 Å². The number of hydrogen-bond donors (Lipinski definition) is 0. The highest BCUT2D eigenvalue weighted by atomic mass is 16.5. The fourth-order valence-electron chi connectivity index (χ4n) is 3.58. The summed E-state index contributed by atoms with van der Waals surface area (Å²) < 4.78 is 7.50. The molecule has 0 saturated carbocycles. The van der Waals surface area contributed by atoms with Gasteiger partial charge >= 0.3 is 0 Å². The number of hydrogen-bond acceptors (Lipinski definition) is 4. The zero-order valence-corrected chi connectivity index (χ0v) is 16.0. The monoisotopic (exact) mass is 376 g/mol. The number of ether oxygens (including phenoxy) is 1. The van der Waals surface area contributed by atoms with E-state index in [1.54, 1.807) is 10.9 Å². The van der Waals surface area contributed by atoms with Gasteiger partial charge in [-0.2, -0.15) is 5.10 Å². The van der Waals surface area contributed by atoms with Gasteiger partial charge in [0.05, 0.1) is 23.5 Å². The van der Waals surface area contributed by atoms with Crippen LogP contribution in [0.4, 0.5) is 5.69 Å². The first-order valence-electron chi connectivity index (χ1n) is 9.63. The Hall–Kier alpha value is -3.28. The van der Waals surface area contributed by atoms with E-state index in [0.717, 1.165) is 30.2 Å². The van der Waals surface area contributed by atoms with Crippen LogP contribution in [0.25, 0.3) is 5.69 Å².